The van der Waals surface area contributed by atoms with Crippen LogP contribution in [0.4, 0.5) is 0 Å². The molecule has 1 aliphatic heterocycles. The van der Waals surface area contributed by atoms with Crippen molar-refractivity contribution >= 4 is 17.5 Å². The smallest absolute Gasteiger partial charge is 0.223 e. The van der Waals surface area contributed by atoms with Crippen molar-refractivity contribution in [2.75, 3.05) is 19.0 Å². The average molecular weight is 234 g/mol. The first-order chi connectivity index (χ1) is 6.84. The van der Waals surface area contributed by atoms with Crippen LogP contribution in [0.25, 0.3) is 0 Å². The van der Waals surface area contributed by atoms with Gasteiger partial charge in [-0.1, -0.05) is 20.8 Å². The summed E-state index contributed by atoms with van der Waals surface area (Å²) >= 11 is 5.52. The zero-order valence-electron chi connectivity index (χ0n) is 9.66. The van der Waals surface area contributed by atoms with Gasteiger partial charge in [0.05, 0.1) is 12.0 Å². The van der Waals surface area contributed by atoms with E-state index in [1.54, 1.807) is 4.90 Å². The van der Waals surface area contributed by atoms with Crippen LogP contribution in [-0.2, 0) is 4.79 Å². The second kappa shape index (κ2) is 4.71. The number of hydrogen-bond donors (Lipinski definition) is 1. The van der Waals surface area contributed by atoms with E-state index in [0.29, 0.717) is 18.9 Å². The van der Waals surface area contributed by atoms with E-state index in [1.807, 2.05) is 0 Å². The van der Waals surface area contributed by atoms with Gasteiger partial charge in [0.25, 0.3) is 0 Å². The lowest BCUT2D eigenvalue weighted by atomic mass is 9.80. The normalized spacial score (nSPS) is 24.7. The van der Waals surface area contributed by atoms with Gasteiger partial charge in [-0.25, -0.2) is 0 Å². The molecule has 1 aliphatic rings. The molecule has 0 aliphatic carbocycles. The topological polar surface area (TPSA) is 40.5 Å². The van der Waals surface area contributed by atoms with Gasteiger partial charge in [-0.2, -0.15) is 0 Å². The number of aliphatic hydroxyl groups is 1. The Balaban J connectivity index is 2.53. The van der Waals surface area contributed by atoms with E-state index >= 15 is 0 Å². The molecule has 1 amide bonds. The fourth-order valence-electron chi connectivity index (χ4n) is 1.83. The predicted molar refractivity (Wildman–Crippen MR) is 60.9 cm³/mol. The van der Waals surface area contributed by atoms with Crippen LogP contribution in [0.3, 0.4) is 0 Å². The van der Waals surface area contributed by atoms with Crippen LogP contribution in [-0.4, -0.2) is 41.0 Å². The van der Waals surface area contributed by atoms with Crippen molar-refractivity contribution in [3.05, 3.63) is 0 Å². The number of likely N-dealkylation sites (tertiary alicyclic amines) is 1. The highest BCUT2D eigenvalue weighted by molar-refractivity contribution is 6.18. The lowest BCUT2D eigenvalue weighted by molar-refractivity contribution is -0.128. The second-order valence-corrected chi connectivity index (χ2v) is 5.68. The first-order valence-corrected chi connectivity index (χ1v) is 5.90. The van der Waals surface area contributed by atoms with Gasteiger partial charge in [0, 0.05) is 19.5 Å². The molecule has 2 atom stereocenters. The molecule has 1 N–H and O–H groups in total. The van der Waals surface area contributed by atoms with Crippen LogP contribution in [0.2, 0.25) is 0 Å². The van der Waals surface area contributed by atoms with Crippen molar-refractivity contribution in [2.24, 2.45) is 11.3 Å². The maximum absolute atomic E-state index is 11.7. The molecule has 0 radical (unpaired) electrons. The van der Waals surface area contributed by atoms with Crippen molar-refractivity contribution in [3.8, 4) is 0 Å². The van der Waals surface area contributed by atoms with E-state index in [4.69, 9.17) is 11.6 Å². The van der Waals surface area contributed by atoms with Crippen LogP contribution in [0.15, 0.2) is 0 Å². The monoisotopic (exact) mass is 233 g/mol. The standard InChI is InChI=1S/C11H20ClNO2/c1-11(2,3)8-4-10(15)13(6-8)7-9(14)5-12/h8-9,14H,4-7H2,1-3H3. The Labute approximate surface area is 96.4 Å². The van der Waals surface area contributed by atoms with Crippen LogP contribution >= 0.6 is 11.6 Å². The van der Waals surface area contributed by atoms with Gasteiger partial charge in [0.2, 0.25) is 5.91 Å². The van der Waals surface area contributed by atoms with Crippen molar-refractivity contribution < 1.29 is 9.90 Å². The Kier molecular flexibility index (Phi) is 4.01. The van der Waals surface area contributed by atoms with Gasteiger partial charge in [0.1, 0.15) is 0 Å². The Morgan fingerprint density at radius 3 is 2.60 bits per heavy atom. The number of aliphatic hydroxyl groups excluding tert-OH is 1. The summed E-state index contributed by atoms with van der Waals surface area (Å²) in [5, 5.41) is 9.40. The molecule has 4 heteroatoms. The number of carbonyl (C=O) groups excluding carboxylic acids is 1. The summed E-state index contributed by atoms with van der Waals surface area (Å²) in [5.41, 5.74) is 0.149. The van der Waals surface area contributed by atoms with Gasteiger partial charge in [0.15, 0.2) is 0 Å². The molecule has 0 bridgehead atoms. The third kappa shape index (κ3) is 3.35. The summed E-state index contributed by atoms with van der Waals surface area (Å²) in [4.78, 5) is 13.4. The van der Waals surface area contributed by atoms with Gasteiger partial charge in [-0.15, -0.1) is 11.6 Å². The highest BCUT2D eigenvalue weighted by atomic mass is 35.5. The zero-order valence-corrected chi connectivity index (χ0v) is 10.4. The molecule has 1 saturated heterocycles. The Bertz CT molecular complexity index is 237. The zero-order chi connectivity index (χ0) is 11.6. The maximum Gasteiger partial charge on any atom is 0.223 e. The number of amides is 1. The molecular formula is C11H20ClNO2. The molecule has 0 aromatic carbocycles. The second-order valence-electron chi connectivity index (χ2n) is 5.37. The number of hydrogen-bond acceptors (Lipinski definition) is 2. The van der Waals surface area contributed by atoms with Crippen molar-refractivity contribution in [3.63, 3.8) is 0 Å². The van der Waals surface area contributed by atoms with Gasteiger partial charge in [-0.3, -0.25) is 4.79 Å². The number of rotatable bonds is 3. The van der Waals surface area contributed by atoms with Crippen molar-refractivity contribution in [1.29, 1.82) is 0 Å². The molecule has 1 fully saturated rings. The third-order valence-electron chi connectivity index (χ3n) is 3.05. The van der Waals surface area contributed by atoms with Crippen LogP contribution < -0.4 is 0 Å². The molecule has 1 heterocycles. The quantitative estimate of drug-likeness (QED) is 0.751. The average Bonchev–Trinajstić information content (AvgIpc) is 2.47. The summed E-state index contributed by atoms with van der Waals surface area (Å²) in [6, 6.07) is 0. The molecule has 1 rings (SSSR count). The number of nitrogens with zero attached hydrogens (tertiary/aromatic N) is 1. The number of β-amino-alcohol motifs (C(OH)–C–C–N with tert-alkyl or cyclic N) is 1. The largest absolute Gasteiger partial charge is 0.390 e. The molecule has 2 unspecified atom stereocenters. The molecule has 0 spiro atoms. The van der Waals surface area contributed by atoms with Gasteiger partial charge < -0.3 is 10.0 Å². The number of alkyl halides is 1. The van der Waals surface area contributed by atoms with E-state index < -0.39 is 6.10 Å². The first kappa shape index (κ1) is 12.8. The Morgan fingerprint density at radius 2 is 2.20 bits per heavy atom. The minimum absolute atomic E-state index is 0.138. The summed E-state index contributed by atoms with van der Waals surface area (Å²) in [6.45, 7) is 7.55. The summed E-state index contributed by atoms with van der Waals surface area (Å²) in [6.07, 6.45) is -0.00673. The number of halogens is 1. The first-order valence-electron chi connectivity index (χ1n) is 5.36. The molecule has 0 saturated carbocycles. The van der Waals surface area contributed by atoms with Gasteiger partial charge in [-0.05, 0) is 11.3 Å². The molecular weight excluding hydrogens is 214 g/mol. The Morgan fingerprint density at radius 1 is 1.60 bits per heavy atom. The van der Waals surface area contributed by atoms with Crippen molar-refractivity contribution in [2.45, 2.75) is 33.3 Å². The van der Waals surface area contributed by atoms with Gasteiger partial charge >= 0.3 is 0 Å². The molecule has 0 aromatic rings. The molecule has 88 valence electrons. The van der Waals surface area contributed by atoms with Crippen LogP contribution in [0, 0.1) is 11.3 Å². The minimum Gasteiger partial charge on any atom is -0.390 e. The fraction of sp³-hybridized carbons (Fsp3) is 0.909. The highest BCUT2D eigenvalue weighted by Gasteiger charge is 2.37. The molecule has 0 aromatic heterocycles. The highest BCUT2D eigenvalue weighted by Crippen LogP contribution is 2.34. The lowest BCUT2D eigenvalue weighted by Gasteiger charge is -2.27. The predicted octanol–water partition coefficient (Wildman–Crippen LogP) is 1.48. The van der Waals surface area contributed by atoms with E-state index in [0.717, 1.165) is 6.54 Å². The summed E-state index contributed by atoms with van der Waals surface area (Å²) < 4.78 is 0. The summed E-state index contributed by atoms with van der Waals surface area (Å²) in [5.74, 6) is 0.705. The summed E-state index contributed by atoms with van der Waals surface area (Å²) in [7, 11) is 0. The molecule has 3 nitrogen and oxygen atoms in total. The number of carbonyl (C=O) groups is 1. The van der Waals surface area contributed by atoms with E-state index in [1.165, 1.54) is 0 Å². The Hall–Kier alpha value is -0.280. The molecule has 15 heavy (non-hydrogen) atoms. The van der Waals surface area contributed by atoms with E-state index in [2.05, 4.69) is 20.8 Å². The third-order valence-corrected chi connectivity index (χ3v) is 3.40. The maximum atomic E-state index is 11.7. The van der Waals surface area contributed by atoms with E-state index in [9.17, 15) is 9.90 Å². The minimum atomic E-state index is -0.602. The fourth-order valence-corrected chi connectivity index (χ4v) is 1.93. The van der Waals surface area contributed by atoms with Crippen LogP contribution in [0.1, 0.15) is 27.2 Å². The van der Waals surface area contributed by atoms with Crippen molar-refractivity contribution in [1.82, 2.24) is 4.90 Å². The lowest BCUT2D eigenvalue weighted by Crippen LogP contribution is -2.35. The van der Waals surface area contributed by atoms with E-state index in [-0.39, 0.29) is 17.2 Å². The SMILES string of the molecule is CC(C)(C)C1CC(=O)N(CC(O)CCl)C1. The van der Waals surface area contributed by atoms with Crippen LogP contribution in [0.5, 0.6) is 0 Å².